The summed E-state index contributed by atoms with van der Waals surface area (Å²) < 4.78 is 42.6. The predicted molar refractivity (Wildman–Crippen MR) is 125 cm³/mol. The molecule has 1 aliphatic rings. The monoisotopic (exact) mass is 472 g/mol. The van der Waals surface area contributed by atoms with Crippen LogP contribution in [0.2, 0.25) is 0 Å². The number of aryl methyl sites for hydroxylation is 1. The highest BCUT2D eigenvalue weighted by Crippen LogP contribution is 2.34. The minimum atomic E-state index is -3.29. The van der Waals surface area contributed by atoms with E-state index in [0.717, 1.165) is 11.9 Å². The van der Waals surface area contributed by atoms with Gasteiger partial charge in [-0.05, 0) is 19.9 Å². The maximum Gasteiger partial charge on any atom is 0.273 e. The van der Waals surface area contributed by atoms with Crippen molar-refractivity contribution in [3.05, 3.63) is 53.2 Å². The van der Waals surface area contributed by atoms with E-state index in [1.165, 1.54) is 12.1 Å². The summed E-state index contributed by atoms with van der Waals surface area (Å²) in [6.45, 7) is 8.19. The third-order valence-electron chi connectivity index (χ3n) is 6.05. The molecule has 1 aliphatic heterocycles. The Morgan fingerprint density at radius 1 is 1.18 bits per heavy atom. The first-order valence-electron chi connectivity index (χ1n) is 11.1. The Hall–Kier alpha value is -3.43. The molecule has 10 heteroatoms. The van der Waals surface area contributed by atoms with Gasteiger partial charge in [-0.1, -0.05) is 18.2 Å². The van der Waals surface area contributed by atoms with Crippen molar-refractivity contribution in [2.45, 2.75) is 39.7 Å². The van der Waals surface area contributed by atoms with Crippen LogP contribution in [0.15, 0.2) is 30.5 Å². The van der Waals surface area contributed by atoms with Gasteiger partial charge in [0.2, 0.25) is 5.91 Å². The molecule has 1 atom stereocenters. The molecule has 34 heavy (non-hydrogen) atoms. The molecule has 0 bridgehead atoms. The number of carbonyl (C=O) groups excluding carboxylic acids is 1. The van der Waals surface area contributed by atoms with Crippen LogP contribution in [0.25, 0.3) is 10.9 Å². The number of halogens is 3. The van der Waals surface area contributed by atoms with E-state index in [1.54, 1.807) is 31.9 Å². The Kier molecular flexibility index (Phi) is 6.33. The number of pyridine rings is 1. The fraction of sp³-hybridized carbons (Fsp3) is 0.417. The Morgan fingerprint density at radius 3 is 2.53 bits per heavy atom. The first kappa shape index (κ1) is 23.7. The number of nitrogens with one attached hydrogen (secondary N) is 1. The van der Waals surface area contributed by atoms with Gasteiger partial charge in [-0.3, -0.25) is 4.79 Å². The summed E-state index contributed by atoms with van der Waals surface area (Å²) >= 11 is 0. The molecule has 3 aromatic rings. The molecule has 1 fully saturated rings. The zero-order valence-electron chi connectivity index (χ0n) is 19.6. The second-order valence-electron chi connectivity index (χ2n) is 8.64. The lowest BCUT2D eigenvalue weighted by molar-refractivity contribution is -0.129. The van der Waals surface area contributed by atoms with Gasteiger partial charge < -0.3 is 15.1 Å². The van der Waals surface area contributed by atoms with Crippen molar-refractivity contribution >= 4 is 28.4 Å². The first-order valence-corrected chi connectivity index (χ1v) is 11.1. The molecule has 0 saturated carbocycles. The molecule has 1 N–H and O–H groups in total. The number of piperazine rings is 1. The van der Waals surface area contributed by atoms with Crippen LogP contribution < -0.4 is 10.2 Å². The largest absolute Gasteiger partial charge is 0.363 e. The molecule has 0 unspecified atom stereocenters. The molecular formula is C24H27F3N6O. The lowest BCUT2D eigenvalue weighted by Crippen LogP contribution is -2.48. The number of benzene rings is 1. The van der Waals surface area contributed by atoms with Crippen LogP contribution in [0.3, 0.4) is 0 Å². The van der Waals surface area contributed by atoms with Gasteiger partial charge in [-0.2, -0.15) is 0 Å². The second kappa shape index (κ2) is 9.08. The second-order valence-corrected chi connectivity index (χ2v) is 8.64. The Bertz CT molecular complexity index is 1220. The van der Waals surface area contributed by atoms with Crippen molar-refractivity contribution in [2.24, 2.45) is 0 Å². The molecule has 180 valence electrons. The Morgan fingerprint density at radius 2 is 1.88 bits per heavy atom. The van der Waals surface area contributed by atoms with Gasteiger partial charge in [0.05, 0.1) is 23.3 Å². The summed E-state index contributed by atoms with van der Waals surface area (Å²) in [5.74, 6) is -2.48. The van der Waals surface area contributed by atoms with E-state index < -0.39 is 23.3 Å². The highest BCUT2D eigenvalue weighted by Gasteiger charge is 2.30. The molecular weight excluding hydrogens is 445 g/mol. The summed E-state index contributed by atoms with van der Waals surface area (Å²) in [7, 11) is 0. The first-order chi connectivity index (χ1) is 16.0. The lowest BCUT2D eigenvalue weighted by atomic mass is 10.0. The molecule has 7 nitrogen and oxygen atoms in total. The Labute approximate surface area is 196 Å². The number of hydrogen-bond donors (Lipinski definition) is 1. The molecule has 0 aliphatic carbocycles. The van der Waals surface area contributed by atoms with Crippen LogP contribution in [0.4, 0.5) is 24.8 Å². The number of aromatic nitrogens is 3. The summed E-state index contributed by atoms with van der Waals surface area (Å²) in [5.41, 5.74) is 0.0966. The number of rotatable bonds is 5. The van der Waals surface area contributed by atoms with Crippen molar-refractivity contribution in [1.82, 2.24) is 19.9 Å². The van der Waals surface area contributed by atoms with E-state index in [4.69, 9.17) is 0 Å². The van der Waals surface area contributed by atoms with Crippen molar-refractivity contribution in [3.8, 4) is 0 Å². The van der Waals surface area contributed by atoms with E-state index in [1.807, 2.05) is 6.07 Å². The van der Waals surface area contributed by atoms with E-state index >= 15 is 0 Å². The summed E-state index contributed by atoms with van der Waals surface area (Å²) in [6, 6.07) is 5.24. The third-order valence-corrected chi connectivity index (χ3v) is 6.05. The number of carbonyl (C=O) groups is 1. The number of anilines is 2. The van der Waals surface area contributed by atoms with Crippen molar-refractivity contribution < 1.29 is 18.0 Å². The number of fused-ring (bicyclic) bond motifs is 1. The molecule has 1 saturated heterocycles. The number of nitrogens with zero attached hydrogens (tertiary/aromatic N) is 5. The van der Waals surface area contributed by atoms with Gasteiger partial charge in [0, 0.05) is 51.0 Å². The van der Waals surface area contributed by atoms with Crippen LogP contribution in [0.1, 0.15) is 43.8 Å². The number of amides is 1. The predicted octanol–water partition coefficient (Wildman–Crippen LogP) is 4.43. The molecule has 1 aromatic carbocycles. The molecule has 2 aromatic heterocycles. The van der Waals surface area contributed by atoms with Crippen molar-refractivity contribution in [2.75, 3.05) is 36.4 Å². The SMILES string of the molecule is CC(=O)N1CCN(c2cc3c(N[C@H](C)c4cccc(C(C)(F)F)c4F)nc(C)nc3cn2)CC1. The van der Waals surface area contributed by atoms with Crippen LogP contribution in [0.5, 0.6) is 0 Å². The summed E-state index contributed by atoms with van der Waals surface area (Å²) in [5, 5.41) is 3.87. The standard InChI is InChI=1S/C24H27F3N6O/c1-14(17-6-5-7-19(22(17)25)24(4,26)27)29-23-18-12-21(28-13-20(18)30-15(2)31-23)33-10-8-32(9-11-33)16(3)34/h5-7,12-14H,8-11H2,1-4H3,(H,29,30,31)/t14-/m1/s1. The van der Waals surface area contributed by atoms with Gasteiger partial charge in [0.25, 0.3) is 5.92 Å². The van der Waals surface area contributed by atoms with Gasteiger partial charge in [-0.15, -0.1) is 0 Å². The van der Waals surface area contributed by atoms with Crippen LogP contribution in [-0.2, 0) is 10.7 Å². The molecule has 1 amide bonds. The van der Waals surface area contributed by atoms with Crippen LogP contribution in [-0.4, -0.2) is 51.9 Å². The van der Waals surface area contributed by atoms with E-state index in [0.29, 0.717) is 55.6 Å². The normalized spacial score (nSPS) is 15.5. The van der Waals surface area contributed by atoms with E-state index in [2.05, 4.69) is 25.2 Å². The van der Waals surface area contributed by atoms with Gasteiger partial charge in [0.15, 0.2) is 0 Å². The highest BCUT2D eigenvalue weighted by molar-refractivity contribution is 5.90. The van der Waals surface area contributed by atoms with E-state index in [-0.39, 0.29) is 11.5 Å². The Balaban J connectivity index is 1.65. The zero-order valence-corrected chi connectivity index (χ0v) is 19.6. The van der Waals surface area contributed by atoms with Gasteiger partial charge in [-0.25, -0.2) is 28.1 Å². The number of hydrogen-bond acceptors (Lipinski definition) is 6. The highest BCUT2D eigenvalue weighted by atomic mass is 19.3. The zero-order chi connectivity index (χ0) is 24.6. The minimum Gasteiger partial charge on any atom is -0.363 e. The third kappa shape index (κ3) is 4.76. The van der Waals surface area contributed by atoms with Crippen molar-refractivity contribution in [1.29, 1.82) is 0 Å². The van der Waals surface area contributed by atoms with Crippen LogP contribution in [0, 0.1) is 12.7 Å². The molecule has 3 heterocycles. The molecule has 0 spiro atoms. The average molecular weight is 473 g/mol. The minimum absolute atomic E-state index is 0.0487. The topological polar surface area (TPSA) is 74.2 Å². The van der Waals surface area contributed by atoms with Crippen molar-refractivity contribution in [3.63, 3.8) is 0 Å². The summed E-state index contributed by atoms with van der Waals surface area (Å²) in [4.78, 5) is 29.0. The van der Waals surface area contributed by atoms with Gasteiger partial charge in [0.1, 0.15) is 23.3 Å². The molecule has 4 rings (SSSR count). The fourth-order valence-electron chi connectivity index (χ4n) is 4.18. The summed E-state index contributed by atoms with van der Waals surface area (Å²) in [6.07, 6.45) is 1.66. The fourth-order valence-corrected chi connectivity index (χ4v) is 4.18. The smallest absolute Gasteiger partial charge is 0.273 e. The van der Waals surface area contributed by atoms with Crippen LogP contribution >= 0.6 is 0 Å². The quantitative estimate of drug-likeness (QED) is 0.593. The lowest BCUT2D eigenvalue weighted by Gasteiger charge is -2.35. The maximum absolute atomic E-state index is 14.9. The number of alkyl halides is 2. The van der Waals surface area contributed by atoms with Gasteiger partial charge >= 0.3 is 0 Å². The molecule has 0 radical (unpaired) electrons. The average Bonchev–Trinajstić information content (AvgIpc) is 2.78. The maximum atomic E-state index is 14.9. The van der Waals surface area contributed by atoms with E-state index in [9.17, 15) is 18.0 Å².